The van der Waals surface area contributed by atoms with Crippen LogP contribution in [0.1, 0.15) is 13.8 Å². The van der Waals surface area contributed by atoms with Crippen molar-refractivity contribution in [1.29, 1.82) is 0 Å². The van der Waals surface area contributed by atoms with Gasteiger partial charge < -0.3 is 14.6 Å². The molecule has 0 fully saturated rings. The number of hydrogen-bond acceptors (Lipinski definition) is 5. The van der Waals surface area contributed by atoms with Crippen LogP contribution in [-0.4, -0.2) is 34.2 Å². The molecule has 8 nitrogen and oxygen atoms in total. The van der Waals surface area contributed by atoms with Gasteiger partial charge >= 0.3 is 0 Å². The first kappa shape index (κ1) is 19.5. The third-order valence-electron chi connectivity index (χ3n) is 4.94. The average Bonchev–Trinajstić information content (AvgIpc) is 2.98. The van der Waals surface area contributed by atoms with E-state index >= 15 is 0 Å². The zero-order valence-corrected chi connectivity index (χ0v) is 16.0. The number of hydrogen-bond donors (Lipinski definition) is 2. The van der Waals surface area contributed by atoms with Gasteiger partial charge in [0.05, 0.1) is 36.6 Å². The molecule has 0 aliphatic rings. The van der Waals surface area contributed by atoms with Crippen molar-refractivity contribution in [2.45, 2.75) is 20.4 Å². The minimum absolute atomic E-state index is 0.0232. The zero-order valence-electron chi connectivity index (χ0n) is 16.0. The number of likely N-dealkylation sites (N-methyl/N-ethyl adjacent to an activating group) is 1. The fourth-order valence-electron chi connectivity index (χ4n) is 3.28. The van der Waals surface area contributed by atoms with Crippen molar-refractivity contribution < 1.29 is 14.9 Å². The molecule has 0 saturated carbocycles. The highest BCUT2D eigenvalue weighted by atomic mass is 16.6. The number of aromatic nitrogens is 1. The highest BCUT2D eigenvalue weighted by Gasteiger charge is 2.18. The number of aromatic hydroxyl groups is 1. The molecule has 0 aliphatic carbocycles. The lowest BCUT2D eigenvalue weighted by Gasteiger charge is -2.16. The van der Waals surface area contributed by atoms with E-state index in [-0.39, 0.29) is 17.3 Å². The van der Waals surface area contributed by atoms with Gasteiger partial charge in [-0.2, -0.15) is 0 Å². The lowest BCUT2D eigenvalue weighted by atomic mass is 10.2. The van der Waals surface area contributed by atoms with Crippen LogP contribution >= 0.6 is 0 Å². The number of nitro benzene ring substituents is 1. The summed E-state index contributed by atoms with van der Waals surface area (Å²) >= 11 is 0. The minimum Gasteiger partial charge on any atom is -0.493 e. The van der Waals surface area contributed by atoms with Crippen molar-refractivity contribution in [3.63, 3.8) is 0 Å². The van der Waals surface area contributed by atoms with E-state index in [9.17, 15) is 15.2 Å². The van der Waals surface area contributed by atoms with Gasteiger partial charge in [-0.05, 0) is 26.0 Å². The van der Waals surface area contributed by atoms with Crippen LogP contribution in [0.5, 0.6) is 5.88 Å². The van der Waals surface area contributed by atoms with Crippen molar-refractivity contribution >= 4 is 28.0 Å². The fraction of sp³-hybridized carbons (Fsp3) is 0.300. The summed E-state index contributed by atoms with van der Waals surface area (Å²) in [5.41, 5.74) is 1.21. The molecule has 0 spiro atoms. The summed E-state index contributed by atoms with van der Waals surface area (Å²) in [7, 11) is 0. The van der Waals surface area contributed by atoms with E-state index in [0.717, 1.165) is 30.5 Å². The number of fused-ring (bicyclic) bond motifs is 1. The van der Waals surface area contributed by atoms with E-state index in [4.69, 9.17) is 0 Å². The van der Waals surface area contributed by atoms with Crippen LogP contribution in [0.15, 0.2) is 58.8 Å². The Hall–Kier alpha value is -3.26. The van der Waals surface area contributed by atoms with Gasteiger partial charge in [0.15, 0.2) is 11.4 Å². The van der Waals surface area contributed by atoms with Gasteiger partial charge in [0.1, 0.15) is 0 Å². The molecule has 0 aliphatic heterocycles. The van der Waals surface area contributed by atoms with Crippen molar-refractivity contribution in [1.82, 2.24) is 4.57 Å². The molecular weight excluding hydrogens is 358 g/mol. The standard InChI is InChI=1S/C20H23N5O3/c1-3-23(4-2)13-14-24-17-11-7-5-9-15(17)19(20(24)26)22-21-16-10-6-8-12-18(16)25(27)28/h5-12,26H,3-4,13-14H2,1-2H3/p+1. The number of nitro groups is 1. The third kappa shape index (κ3) is 3.86. The summed E-state index contributed by atoms with van der Waals surface area (Å²) in [4.78, 5) is 12.1. The van der Waals surface area contributed by atoms with Crippen molar-refractivity contribution in [3.05, 3.63) is 58.6 Å². The molecule has 0 radical (unpaired) electrons. The number of benzene rings is 2. The Morgan fingerprint density at radius 2 is 1.75 bits per heavy atom. The van der Waals surface area contributed by atoms with Gasteiger partial charge in [0.2, 0.25) is 5.88 Å². The summed E-state index contributed by atoms with van der Waals surface area (Å²) in [6.07, 6.45) is 0. The van der Waals surface area contributed by atoms with Crippen molar-refractivity contribution in [3.8, 4) is 5.88 Å². The maximum atomic E-state index is 11.2. The molecule has 2 aromatic carbocycles. The van der Waals surface area contributed by atoms with Crippen LogP contribution < -0.4 is 4.90 Å². The predicted octanol–water partition coefficient (Wildman–Crippen LogP) is 3.60. The summed E-state index contributed by atoms with van der Waals surface area (Å²) < 4.78 is 1.83. The molecule has 1 aromatic heterocycles. The largest absolute Gasteiger partial charge is 0.493 e. The minimum atomic E-state index is -0.496. The van der Waals surface area contributed by atoms with E-state index in [1.807, 2.05) is 28.8 Å². The molecule has 0 amide bonds. The lowest BCUT2D eigenvalue weighted by Crippen LogP contribution is -3.11. The molecule has 3 rings (SSSR count). The molecule has 1 heterocycles. The smallest absolute Gasteiger partial charge is 0.296 e. The van der Waals surface area contributed by atoms with Gasteiger partial charge in [-0.3, -0.25) is 10.1 Å². The first-order valence-corrected chi connectivity index (χ1v) is 9.35. The molecule has 0 atom stereocenters. The topological polar surface area (TPSA) is 97.5 Å². The Morgan fingerprint density at radius 3 is 2.46 bits per heavy atom. The molecule has 146 valence electrons. The quantitative estimate of drug-likeness (QED) is 0.354. The lowest BCUT2D eigenvalue weighted by molar-refractivity contribution is -0.897. The number of rotatable bonds is 8. The molecule has 28 heavy (non-hydrogen) atoms. The van der Waals surface area contributed by atoms with Gasteiger partial charge in [0.25, 0.3) is 5.69 Å². The number of azo groups is 1. The summed E-state index contributed by atoms with van der Waals surface area (Å²) in [6, 6.07) is 13.7. The number of nitrogens with zero attached hydrogens (tertiary/aromatic N) is 4. The molecule has 3 aromatic rings. The maximum absolute atomic E-state index is 11.2. The fourth-order valence-corrected chi connectivity index (χ4v) is 3.28. The van der Waals surface area contributed by atoms with Gasteiger partial charge in [-0.25, -0.2) is 0 Å². The average molecular weight is 382 g/mol. The van der Waals surface area contributed by atoms with E-state index in [1.54, 1.807) is 12.1 Å². The Balaban J connectivity index is 2.00. The van der Waals surface area contributed by atoms with E-state index in [2.05, 4.69) is 24.1 Å². The van der Waals surface area contributed by atoms with Gasteiger partial charge in [-0.1, -0.05) is 30.3 Å². The van der Waals surface area contributed by atoms with Gasteiger partial charge in [0, 0.05) is 11.5 Å². The van der Waals surface area contributed by atoms with Crippen molar-refractivity contribution in [2.24, 2.45) is 10.2 Å². The predicted molar refractivity (Wildman–Crippen MR) is 108 cm³/mol. The monoisotopic (exact) mass is 382 g/mol. The van der Waals surface area contributed by atoms with Crippen LogP contribution in [0, 0.1) is 10.1 Å². The Labute approximate surface area is 162 Å². The number of nitrogens with one attached hydrogen (secondary N) is 1. The normalized spacial score (nSPS) is 11.7. The van der Waals surface area contributed by atoms with Crippen LogP contribution in [0.4, 0.5) is 17.1 Å². The molecule has 2 N–H and O–H groups in total. The molecule has 0 unspecified atom stereocenters. The number of para-hydroxylation sites is 2. The van der Waals surface area contributed by atoms with Gasteiger partial charge in [-0.15, -0.1) is 10.2 Å². The highest BCUT2D eigenvalue weighted by Crippen LogP contribution is 2.40. The molecule has 8 heteroatoms. The van der Waals surface area contributed by atoms with Crippen LogP contribution in [0.25, 0.3) is 10.9 Å². The first-order chi connectivity index (χ1) is 13.6. The Bertz CT molecular complexity index is 1010. The maximum Gasteiger partial charge on any atom is 0.296 e. The van der Waals surface area contributed by atoms with E-state index in [0.29, 0.717) is 12.2 Å². The summed E-state index contributed by atoms with van der Waals surface area (Å²) in [5.74, 6) is 0.0232. The van der Waals surface area contributed by atoms with E-state index in [1.165, 1.54) is 17.0 Å². The second-order valence-electron chi connectivity index (χ2n) is 6.49. The van der Waals surface area contributed by atoms with Crippen LogP contribution in [0.3, 0.4) is 0 Å². The zero-order chi connectivity index (χ0) is 20.1. The molecule has 0 saturated heterocycles. The third-order valence-corrected chi connectivity index (χ3v) is 4.94. The molecule has 0 bridgehead atoms. The first-order valence-electron chi connectivity index (χ1n) is 9.35. The second kappa shape index (κ2) is 8.62. The van der Waals surface area contributed by atoms with Crippen LogP contribution in [0.2, 0.25) is 0 Å². The number of quaternary nitrogens is 1. The Morgan fingerprint density at radius 1 is 1.07 bits per heavy atom. The summed E-state index contributed by atoms with van der Waals surface area (Å²) in [6.45, 7) is 7.82. The van der Waals surface area contributed by atoms with E-state index < -0.39 is 4.92 Å². The van der Waals surface area contributed by atoms with Crippen molar-refractivity contribution in [2.75, 3.05) is 19.6 Å². The second-order valence-corrected chi connectivity index (χ2v) is 6.49. The molecular formula is C20H24N5O3+. The van der Waals surface area contributed by atoms with Crippen LogP contribution in [-0.2, 0) is 6.54 Å². The highest BCUT2D eigenvalue weighted by molar-refractivity contribution is 5.95. The summed E-state index contributed by atoms with van der Waals surface area (Å²) in [5, 5.41) is 31.0. The SMILES string of the molecule is CC[NH+](CC)CCn1c(O)c(N=Nc2ccccc2[N+](=O)[O-])c2ccccc21. The Kier molecular flexibility index (Phi) is 6.00.